The molecule has 8 heteroatoms. The minimum Gasteiger partial charge on any atom is -0.356 e. The topological polar surface area (TPSA) is 81.8 Å². The van der Waals surface area contributed by atoms with Crippen molar-refractivity contribution in [1.82, 2.24) is 20.4 Å². The second-order valence-corrected chi connectivity index (χ2v) is 8.21. The predicted octanol–water partition coefficient (Wildman–Crippen LogP) is 1.28. The molecule has 2 saturated heterocycles. The highest BCUT2D eigenvalue weighted by atomic mass is 19.1. The van der Waals surface area contributed by atoms with Crippen LogP contribution >= 0.6 is 0 Å². The maximum atomic E-state index is 13.5. The molecule has 1 aromatic carbocycles. The van der Waals surface area contributed by atoms with E-state index < -0.39 is 6.04 Å². The van der Waals surface area contributed by atoms with Crippen LogP contribution < -0.4 is 10.6 Å². The highest BCUT2D eigenvalue weighted by Crippen LogP contribution is 2.22. The molecule has 0 saturated carbocycles. The van der Waals surface area contributed by atoms with Crippen LogP contribution in [0, 0.1) is 11.7 Å². The number of piperazine rings is 1. The van der Waals surface area contributed by atoms with Crippen LogP contribution in [-0.2, 0) is 20.9 Å². The van der Waals surface area contributed by atoms with Gasteiger partial charge in [0, 0.05) is 46.2 Å². The van der Waals surface area contributed by atoms with Crippen molar-refractivity contribution in [3.05, 3.63) is 35.6 Å². The number of piperidine rings is 1. The molecule has 0 radical (unpaired) electrons. The summed E-state index contributed by atoms with van der Waals surface area (Å²) in [6, 6.07) is 5.82. The Morgan fingerprint density at radius 2 is 2.00 bits per heavy atom. The van der Waals surface area contributed by atoms with E-state index in [1.807, 2.05) is 15.9 Å². The van der Waals surface area contributed by atoms with Gasteiger partial charge in [-0.2, -0.15) is 0 Å². The van der Waals surface area contributed by atoms with Crippen molar-refractivity contribution < 1.29 is 18.8 Å². The lowest BCUT2D eigenvalue weighted by Crippen LogP contribution is -2.56. The molecule has 2 heterocycles. The Hall–Kier alpha value is -2.48. The number of halogens is 1. The molecule has 0 bridgehead atoms. The summed E-state index contributed by atoms with van der Waals surface area (Å²) in [4.78, 5) is 40.1. The number of benzene rings is 1. The van der Waals surface area contributed by atoms with Gasteiger partial charge in [0.2, 0.25) is 17.7 Å². The summed E-state index contributed by atoms with van der Waals surface area (Å²) >= 11 is 0. The Labute approximate surface area is 177 Å². The van der Waals surface area contributed by atoms with Crippen LogP contribution in [0.3, 0.4) is 0 Å². The molecule has 1 atom stereocenters. The first kappa shape index (κ1) is 22.2. The Morgan fingerprint density at radius 3 is 2.70 bits per heavy atom. The normalized spacial score (nSPS) is 20.7. The third-order valence-corrected chi connectivity index (χ3v) is 5.98. The van der Waals surface area contributed by atoms with Crippen molar-refractivity contribution in [2.75, 3.05) is 32.7 Å². The Kier molecular flexibility index (Phi) is 7.79. The summed E-state index contributed by atoms with van der Waals surface area (Å²) in [7, 11) is 0. The highest BCUT2D eigenvalue weighted by Gasteiger charge is 2.33. The fourth-order valence-electron chi connectivity index (χ4n) is 4.26. The Balaban J connectivity index is 1.52. The summed E-state index contributed by atoms with van der Waals surface area (Å²) in [5.74, 6) is 0.0280. The van der Waals surface area contributed by atoms with Gasteiger partial charge in [-0.15, -0.1) is 0 Å². The number of likely N-dealkylation sites (tertiary alicyclic amines) is 1. The number of carbonyl (C=O) groups is 3. The van der Waals surface area contributed by atoms with Crippen molar-refractivity contribution in [1.29, 1.82) is 0 Å². The van der Waals surface area contributed by atoms with E-state index in [0.717, 1.165) is 24.8 Å². The summed E-state index contributed by atoms with van der Waals surface area (Å²) in [6.45, 7) is 5.15. The summed E-state index contributed by atoms with van der Waals surface area (Å²) in [5.41, 5.74) is 0.794. The molecule has 164 valence electrons. The first-order valence-electron chi connectivity index (χ1n) is 10.7. The molecule has 2 aliphatic rings. The second-order valence-electron chi connectivity index (χ2n) is 8.21. The van der Waals surface area contributed by atoms with Gasteiger partial charge in [0.15, 0.2) is 0 Å². The Morgan fingerprint density at radius 1 is 1.23 bits per heavy atom. The van der Waals surface area contributed by atoms with Crippen LogP contribution in [0.4, 0.5) is 4.39 Å². The lowest BCUT2D eigenvalue weighted by Gasteiger charge is -2.37. The molecule has 7 nitrogen and oxygen atoms in total. The van der Waals surface area contributed by atoms with E-state index in [2.05, 4.69) is 10.6 Å². The number of hydrogen-bond acceptors (Lipinski definition) is 4. The van der Waals surface area contributed by atoms with Gasteiger partial charge in [0.05, 0.1) is 12.5 Å². The first-order valence-corrected chi connectivity index (χ1v) is 10.7. The molecular formula is C22H31FN4O3. The van der Waals surface area contributed by atoms with Gasteiger partial charge in [-0.3, -0.25) is 19.3 Å². The number of hydrogen-bond donors (Lipinski definition) is 2. The van der Waals surface area contributed by atoms with Crippen LogP contribution in [0.1, 0.15) is 38.2 Å². The highest BCUT2D eigenvalue weighted by molar-refractivity contribution is 5.88. The second kappa shape index (κ2) is 10.5. The van der Waals surface area contributed by atoms with Gasteiger partial charge in [0.25, 0.3) is 0 Å². The maximum Gasteiger partial charge on any atom is 0.237 e. The monoisotopic (exact) mass is 418 g/mol. The fraction of sp³-hybridized carbons (Fsp3) is 0.591. The molecule has 3 amide bonds. The van der Waals surface area contributed by atoms with E-state index in [9.17, 15) is 18.8 Å². The number of nitrogens with zero attached hydrogens (tertiary/aromatic N) is 2. The molecule has 2 fully saturated rings. The molecule has 1 unspecified atom stereocenters. The van der Waals surface area contributed by atoms with E-state index in [1.165, 1.54) is 19.1 Å². The zero-order valence-corrected chi connectivity index (χ0v) is 17.5. The smallest absolute Gasteiger partial charge is 0.237 e. The van der Waals surface area contributed by atoms with E-state index in [4.69, 9.17) is 0 Å². The van der Waals surface area contributed by atoms with Crippen LogP contribution in [0.25, 0.3) is 0 Å². The Bertz CT molecular complexity index is 765. The third-order valence-electron chi connectivity index (χ3n) is 5.98. The molecule has 30 heavy (non-hydrogen) atoms. The van der Waals surface area contributed by atoms with Crippen molar-refractivity contribution in [2.45, 2.75) is 45.2 Å². The molecule has 0 aliphatic carbocycles. The average molecular weight is 419 g/mol. The minimum absolute atomic E-state index is 0.0124. The molecule has 2 aliphatic heterocycles. The maximum absolute atomic E-state index is 13.5. The number of nitrogens with one attached hydrogen (secondary N) is 2. The average Bonchev–Trinajstić information content (AvgIpc) is 2.71. The quantitative estimate of drug-likeness (QED) is 0.699. The largest absolute Gasteiger partial charge is 0.356 e. The van der Waals surface area contributed by atoms with Crippen LogP contribution in [0.15, 0.2) is 24.3 Å². The van der Waals surface area contributed by atoms with Crippen molar-refractivity contribution in [2.24, 2.45) is 5.92 Å². The summed E-state index contributed by atoms with van der Waals surface area (Å²) < 4.78 is 13.5. The SMILES string of the molecule is CC(=O)NCCC1CCN(C(=O)CC2C(=O)NCCN2Cc2cccc(F)c2)CC1. The van der Waals surface area contributed by atoms with Crippen molar-refractivity contribution >= 4 is 17.7 Å². The number of amides is 3. The first-order chi connectivity index (χ1) is 14.4. The summed E-state index contributed by atoms with van der Waals surface area (Å²) in [6.07, 6.45) is 2.89. The van der Waals surface area contributed by atoms with Gasteiger partial charge in [-0.05, 0) is 42.9 Å². The van der Waals surface area contributed by atoms with Crippen LogP contribution in [0.2, 0.25) is 0 Å². The molecule has 1 aromatic rings. The number of rotatable bonds is 7. The fourth-order valence-corrected chi connectivity index (χ4v) is 4.26. The van der Waals surface area contributed by atoms with Gasteiger partial charge >= 0.3 is 0 Å². The van der Waals surface area contributed by atoms with Crippen molar-refractivity contribution in [3.8, 4) is 0 Å². The van der Waals surface area contributed by atoms with Gasteiger partial charge in [-0.25, -0.2) is 4.39 Å². The van der Waals surface area contributed by atoms with E-state index in [-0.39, 0.29) is 30.0 Å². The predicted molar refractivity (Wildman–Crippen MR) is 111 cm³/mol. The van der Waals surface area contributed by atoms with Gasteiger partial charge in [0.1, 0.15) is 5.82 Å². The lowest BCUT2D eigenvalue weighted by atomic mass is 9.93. The summed E-state index contributed by atoms with van der Waals surface area (Å²) in [5, 5.41) is 5.67. The third kappa shape index (κ3) is 6.26. The van der Waals surface area contributed by atoms with Crippen LogP contribution in [0.5, 0.6) is 0 Å². The van der Waals surface area contributed by atoms with Crippen molar-refractivity contribution in [3.63, 3.8) is 0 Å². The lowest BCUT2D eigenvalue weighted by molar-refractivity contribution is -0.140. The van der Waals surface area contributed by atoms with E-state index >= 15 is 0 Å². The van der Waals surface area contributed by atoms with E-state index in [0.29, 0.717) is 45.2 Å². The van der Waals surface area contributed by atoms with Crippen LogP contribution in [-0.4, -0.2) is 66.3 Å². The molecule has 3 rings (SSSR count). The zero-order chi connectivity index (χ0) is 21.5. The standard InChI is InChI=1S/C22H31FN4O3/c1-16(28)24-8-5-17-6-10-26(11-7-17)21(29)14-20-22(30)25-9-12-27(20)15-18-3-2-4-19(23)13-18/h2-4,13,17,20H,5-12,14-15H2,1H3,(H,24,28)(H,25,30). The van der Waals surface area contributed by atoms with E-state index in [1.54, 1.807) is 6.07 Å². The zero-order valence-electron chi connectivity index (χ0n) is 17.5. The van der Waals surface area contributed by atoms with Gasteiger partial charge in [-0.1, -0.05) is 12.1 Å². The molecule has 2 N–H and O–H groups in total. The number of carbonyl (C=O) groups excluding carboxylic acids is 3. The molecule has 0 aromatic heterocycles. The van der Waals surface area contributed by atoms with Gasteiger partial charge < -0.3 is 15.5 Å². The molecule has 0 spiro atoms. The molecular weight excluding hydrogens is 387 g/mol. The minimum atomic E-state index is -0.535.